The molecule has 0 aromatic heterocycles. The van der Waals surface area contributed by atoms with Crippen LogP contribution in [0.3, 0.4) is 0 Å². The summed E-state index contributed by atoms with van der Waals surface area (Å²) in [7, 11) is 0. The summed E-state index contributed by atoms with van der Waals surface area (Å²) in [6, 6.07) is 10.1. The van der Waals surface area contributed by atoms with Gasteiger partial charge in [0.15, 0.2) is 5.96 Å². The molecule has 0 spiro atoms. The lowest BCUT2D eigenvalue weighted by molar-refractivity contribution is 0.129. The number of hydrogen-bond donors (Lipinski definition) is 1. The molecule has 4 nitrogen and oxygen atoms in total. The van der Waals surface area contributed by atoms with Crippen LogP contribution < -0.4 is 10.1 Å². The maximum atomic E-state index is 6.02. The van der Waals surface area contributed by atoms with E-state index in [-0.39, 0.29) is 24.0 Å². The third kappa shape index (κ3) is 5.87. The highest BCUT2D eigenvalue weighted by Crippen LogP contribution is 2.18. The van der Waals surface area contributed by atoms with Crippen LogP contribution in [0.25, 0.3) is 0 Å². The summed E-state index contributed by atoms with van der Waals surface area (Å²) in [5, 5.41) is 3.34. The molecule has 0 saturated carbocycles. The molecule has 5 heteroatoms. The average Bonchev–Trinajstić information content (AvgIpc) is 2.53. The van der Waals surface area contributed by atoms with Crippen LogP contribution in [-0.2, 0) is 0 Å². The topological polar surface area (TPSA) is 36.9 Å². The van der Waals surface area contributed by atoms with E-state index in [1.54, 1.807) is 0 Å². The summed E-state index contributed by atoms with van der Waals surface area (Å²) >= 11 is 0. The van der Waals surface area contributed by atoms with Gasteiger partial charge in [0.2, 0.25) is 0 Å². The number of nitrogens with one attached hydrogen (secondary N) is 1. The van der Waals surface area contributed by atoms with E-state index in [9.17, 15) is 0 Å². The summed E-state index contributed by atoms with van der Waals surface area (Å²) < 4.78 is 6.02. The molecule has 0 bridgehead atoms. The van der Waals surface area contributed by atoms with Gasteiger partial charge in [0.1, 0.15) is 11.9 Å². The van der Waals surface area contributed by atoms with Crippen molar-refractivity contribution in [3.63, 3.8) is 0 Å². The summed E-state index contributed by atoms with van der Waals surface area (Å²) in [5.41, 5.74) is 0. The van der Waals surface area contributed by atoms with Gasteiger partial charge in [-0.2, -0.15) is 0 Å². The smallest absolute Gasteiger partial charge is 0.194 e. The first-order valence-electron chi connectivity index (χ1n) is 7.69. The minimum atomic E-state index is 0. The zero-order chi connectivity index (χ0) is 14.9. The summed E-state index contributed by atoms with van der Waals surface area (Å²) in [5.74, 6) is 1.94. The van der Waals surface area contributed by atoms with Crippen molar-refractivity contribution in [1.82, 2.24) is 10.2 Å². The number of piperidine rings is 1. The number of nitrogens with zero attached hydrogens (tertiary/aromatic N) is 2. The molecule has 1 saturated heterocycles. The first kappa shape index (κ1) is 18.8. The second-order valence-electron chi connectivity index (χ2n) is 5.10. The van der Waals surface area contributed by atoms with E-state index in [0.29, 0.717) is 12.6 Å². The molecule has 1 aliphatic rings. The number of rotatable bonds is 5. The molecule has 0 aliphatic carbocycles. The van der Waals surface area contributed by atoms with Crippen LogP contribution >= 0.6 is 24.0 Å². The van der Waals surface area contributed by atoms with Crippen molar-refractivity contribution in [2.45, 2.75) is 25.9 Å². The molecule has 1 aromatic rings. The van der Waals surface area contributed by atoms with E-state index in [2.05, 4.69) is 28.7 Å². The van der Waals surface area contributed by atoms with Crippen molar-refractivity contribution in [3.05, 3.63) is 43.0 Å². The van der Waals surface area contributed by atoms with Gasteiger partial charge in [-0.25, -0.2) is 4.99 Å². The number of para-hydroxylation sites is 1. The maximum Gasteiger partial charge on any atom is 0.194 e. The quantitative estimate of drug-likeness (QED) is 0.347. The molecule has 1 aromatic carbocycles. The molecule has 0 unspecified atom stereocenters. The molecular formula is C17H26IN3O. The number of hydrogen-bond acceptors (Lipinski definition) is 2. The van der Waals surface area contributed by atoms with Crippen molar-refractivity contribution in [3.8, 4) is 5.75 Å². The Labute approximate surface area is 150 Å². The SMILES string of the molecule is C=CCN=C(NCC)N1CCC(Oc2ccccc2)CC1.I. The largest absolute Gasteiger partial charge is 0.490 e. The van der Waals surface area contributed by atoms with Crippen LogP contribution in [0, 0.1) is 0 Å². The lowest BCUT2D eigenvalue weighted by Gasteiger charge is -2.34. The Morgan fingerprint density at radius 2 is 2.05 bits per heavy atom. The fourth-order valence-corrected chi connectivity index (χ4v) is 2.45. The monoisotopic (exact) mass is 415 g/mol. The van der Waals surface area contributed by atoms with E-state index >= 15 is 0 Å². The van der Waals surface area contributed by atoms with Gasteiger partial charge >= 0.3 is 0 Å². The molecule has 122 valence electrons. The Morgan fingerprint density at radius 3 is 2.64 bits per heavy atom. The standard InChI is InChI=1S/C17H25N3O.HI/c1-3-12-19-17(18-4-2)20-13-10-16(11-14-20)21-15-8-6-5-7-9-15;/h3,5-9,16H,1,4,10-14H2,2H3,(H,18,19);1H. The number of guanidine groups is 1. The van der Waals surface area contributed by atoms with Crippen LogP contribution in [-0.4, -0.2) is 43.1 Å². The van der Waals surface area contributed by atoms with E-state index < -0.39 is 0 Å². The van der Waals surface area contributed by atoms with Crippen molar-refractivity contribution in [2.75, 3.05) is 26.2 Å². The van der Waals surface area contributed by atoms with Crippen LogP contribution in [0.1, 0.15) is 19.8 Å². The highest BCUT2D eigenvalue weighted by atomic mass is 127. The number of aliphatic imine (C=N–C) groups is 1. The molecule has 0 radical (unpaired) electrons. The average molecular weight is 415 g/mol. The highest BCUT2D eigenvalue weighted by Gasteiger charge is 2.22. The van der Waals surface area contributed by atoms with Crippen LogP contribution in [0.4, 0.5) is 0 Å². The van der Waals surface area contributed by atoms with Gasteiger partial charge in [-0.3, -0.25) is 0 Å². The molecule has 1 fully saturated rings. The van der Waals surface area contributed by atoms with Crippen molar-refractivity contribution in [1.29, 1.82) is 0 Å². The van der Waals surface area contributed by atoms with E-state index in [4.69, 9.17) is 4.74 Å². The number of benzene rings is 1. The lowest BCUT2D eigenvalue weighted by atomic mass is 10.1. The molecule has 2 rings (SSSR count). The van der Waals surface area contributed by atoms with Crippen LogP contribution in [0.2, 0.25) is 0 Å². The number of likely N-dealkylation sites (tertiary alicyclic amines) is 1. The molecule has 0 atom stereocenters. The molecule has 1 N–H and O–H groups in total. The van der Waals surface area contributed by atoms with Gasteiger partial charge in [0, 0.05) is 32.5 Å². The Balaban J connectivity index is 0.00000242. The lowest BCUT2D eigenvalue weighted by Crippen LogP contribution is -2.47. The summed E-state index contributed by atoms with van der Waals surface area (Å²) in [4.78, 5) is 6.84. The van der Waals surface area contributed by atoms with Gasteiger partial charge in [-0.1, -0.05) is 24.3 Å². The Kier molecular flexibility index (Phi) is 8.96. The Bertz CT molecular complexity index is 456. The highest BCUT2D eigenvalue weighted by molar-refractivity contribution is 14.0. The first-order valence-corrected chi connectivity index (χ1v) is 7.69. The third-order valence-electron chi connectivity index (χ3n) is 3.49. The summed E-state index contributed by atoms with van der Waals surface area (Å²) in [6.45, 7) is 9.30. The van der Waals surface area contributed by atoms with Crippen molar-refractivity contribution < 1.29 is 4.74 Å². The summed E-state index contributed by atoms with van der Waals surface area (Å²) in [6.07, 6.45) is 4.16. The van der Waals surface area contributed by atoms with Crippen molar-refractivity contribution in [2.24, 2.45) is 4.99 Å². The maximum absolute atomic E-state index is 6.02. The first-order chi connectivity index (χ1) is 10.3. The van der Waals surface area contributed by atoms with Gasteiger partial charge in [-0.15, -0.1) is 30.6 Å². The fraction of sp³-hybridized carbons (Fsp3) is 0.471. The van der Waals surface area contributed by atoms with E-state index in [0.717, 1.165) is 44.2 Å². The second-order valence-corrected chi connectivity index (χ2v) is 5.10. The second kappa shape index (κ2) is 10.5. The molecular weight excluding hydrogens is 389 g/mol. The Morgan fingerprint density at radius 1 is 1.36 bits per heavy atom. The molecule has 1 heterocycles. The minimum absolute atomic E-state index is 0. The predicted octanol–water partition coefficient (Wildman–Crippen LogP) is 3.30. The van der Waals surface area contributed by atoms with E-state index in [1.165, 1.54) is 0 Å². The zero-order valence-corrected chi connectivity index (χ0v) is 15.5. The van der Waals surface area contributed by atoms with Crippen molar-refractivity contribution >= 4 is 29.9 Å². The van der Waals surface area contributed by atoms with Gasteiger partial charge < -0.3 is 15.0 Å². The third-order valence-corrected chi connectivity index (χ3v) is 3.49. The van der Waals surface area contributed by atoms with Gasteiger partial charge in [0.05, 0.1) is 6.54 Å². The molecule has 22 heavy (non-hydrogen) atoms. The van der Waals surface area contributed by atoms with Crippen LogP contribution in [0.15, 0.2) is 48.0 Å². The molecule has 0 amide bonds. The van der Waals surface area contributed by atoms with E-state index in [1.807, 2.05) is 36.4 Å². The minimum Gasteiger partial charge on any atom is -0.490 e. The van der Waals surface area contributed by atoms with Crippen LogP contribution in [0.5, 0.6) is 5.75 Å². The van der Waals surface area contributed by atoms with Gasteiger partial charge in [0.25, 0.3) is 0 Å². The van der Waals surface area contributed by atoms with Gasteiger partial charge in [-0.05, 0) is 19.1 Å². The predicted molar refractivity (Wildman–Crippen MR) is 103 cm³/mol. The molecule has 1 aliphatic heterocycles. The zero-order valence-electron chi connectivity index (χ0n) is 13.2. The Hall–Kier alpha value is -1.24. The number of ether oxygens (including phenoxy) is 1. The normalized spacial score (nSPS) is 15.9. The fourth-order valence-electron chi connectivity index (χ4n) is 2.45. The number of halogens is 1.